The molecule has 0 radical (unpaired) electrons. The van der Waals surface area contributed by atoms with Gasteiger partial charge >= 0.3 is 0 Å². The van der Waals surface area contributed by atoms with Gasteiger partial charge in [-0.3, -0.25) is 9.36 Å². The Morgan fingerprint density at radius 2 is 2.06 bits per heavy atom. The number of aryl methyl sites for hydroxylation is 1. The highest BCUT2D eigenvalue weighted by molar-refractivity contribution is 6.28. The van der Waals surface area contributed by atoms with E-state index in [2.05, 4.69) is 23.8 Å². The molecular formula is C13H16ClN3O. The second-order valence-corrected chi connectivity index (χ2v) is 4.72. The average molecular weight is 266 g/mol. The Hall–Kier alpha value is -1.42. The lowest BCUT2D eigenvalue weighted by molar-refractivity contribution is 0.469. The predicted molar refractivity (Wildman–Crippen MR) is 73.2 cm³/mol. The second-order valence-electron chi connectivity index (χ2n) is 4.38. The largest absolute Gasteiger partial charge is 0.289 e. The number of hydrogen-bond donors (Lipinski definition) is 0. The summed E-state index contributed by atoms with van der Waals surface area (Å²) in [6.07, 6.45) is 3.45. The van der Waals surface area contributed by atoms with E-state index in [1.165, 1.54) is 0 Å². The summed E-state index contributed by atoms with van der Waals surface area (Å²) in [7, 11) is 0. The van der Waals surface area contributed by atoms with Crippen LogP contribution in [-0.4, -0.2) is 14.5 Å². The van der Waals surface area contributed by atoms with Crippen molar-refractivity contribution in [3.05, 3.63) is 33.5 Å². The molecule has 0 spiro atoms. The highest BCUT2D eigenvalue weighted by atomic mass is 35.5. The van der Waals surface area contributed by atoms with Gasteiger partial charge in [-0.25, -0.2) is 4.98 Å². The summed E-state index contributed by atoms with van der Waals surface area (Å²) in [5.74, 6) is 0. The maximum Gasteiger partial charge on any atom is 0.252 e. The van der Waals surface area contributed by atoms with Crippen LogP contribution in [-0.2, 0) is 0 Å². The number of nitrogens with zero attached hydrogens (tertiary/aromatic N) is 3. The molecule has 18 heavy (non-hydrogen) atoms. The number of halogens is 1. The molecule has 2 aromatic rings. The van der Waals surface area contributed by atoms with Gasteiger partial charge in [-0.15, -0.1) is 0 Å². The normalized spacial score (nSPS) is 11.4. The Balaban J connectivity index is 2.86. The molecule has 0 N–H and O–H groups in total. The molecule has 2 rings (SSSR count). The molecule has 4 nitrogen and oxygen atoms in total. The van der Waals surface area contributed by atoms with E-state index in [0.717, 1.165) is 23.8 Å². The van der Waals surface area contributed by atoms with Crippen LogP contribution >= 0.6 is 11.6 Å². The van der Waals surface area contributed by atoms with Gasteiger partial charge < -0.3 is 0 Å². The summed E-state index contributed by atoms with van der Waals surface area (Å²) < 4.78 is 1.73. The van der Waals surface area contributed by atoms with Gasteiger partial charge in [-0.05, 0) is 36.9 Å². The van der Waals surface area contributed by atoms with Crippen LogP contribution in [0.2, 0.25) is 5.28 Å². The number of rotatable bonds is 3. The highest BCUT2D eigenvalue weighted by Crippen LogP contribution is 2.21. The first kappa shape index (κ1) is 13.0. The fourth-order valence-electron chi connectivity index (χ4n) is 2.26. The van der Waals surface area contributed by atoms with Gasteiger partial charge in [0.1, 0.15) is 5.65 Å². The molecule has 2 heterocycles. The van der Waals surface area contributed by atoms with Gasteiger partial charge in [0.05, 0.1) is 0 Å². The molecule has 0 unspecified atom stereocenters. The molecule has 0 fully saturated rings. The minimum absolute atomic E-state index is 0.0246. The molecule has 0 atom stereocenters. The lowest BCUT2D eigenvalue weighted by atomic mass is 10.1. The highest BCUT2D eigenvalue weighted by Gasteiger charge is 2.15. The summed E-state index contributed by atoms with van der Waals surface area (Å²) in [6.45, 7) is 6.02. The number of fused-ring (bicyclic) bond motifs is 1. The Morgan fingerprint density at radius 1 is 1.39 bits per heavy atom. The van der Waals surface area contributed by atoms with Crippen LogP contribution in [0, 0.1) is 6.92 Å². The van der Waals surface area contributed by atoms with Crippen LogP contribution in [0.1, 0.15) is 38.3 Å². The van der Waals surface area contributed by atoms with Gasteiger partial charge in [-0.1, -0.05) is 13.8 Å². The average Bonchev–Trinajstić information content (AvgIpc) is 2.34. The summed E-state index contributed by atoms with van der Waals surface area (Å²) in [6, 6.07) is 1.78. The van der Waals surface area contributed by atoms with E-state index in [4.69, 9.17) is 11.6 Å². The van der Waals surface area contributed by atoms with Crippen molar-refractivity contribution in [2.75, 3.05) is 0 Å². The van der Waals surface area contributed by atoms with E-state index in [0.29, 0.717) is 5.65 Å². The molecule has 0 aliphatic rings. The predicted octanol–water partition coefficient (Wildman–Crippen LogP) is 3.11. The van der Waals surface area contributed by atoms with Crippen LogP contribution in [0.3, 0.4) is 0 Å². The molecule has 0 aliphatic carbocycles. The minimum Gasteiger partial charge on any atom is -0.289 e. The summed E-state index contributed by atoms with van der Waals surface area (Å²) in [5, 5.41) is 1.05. The van der Waals surface area contributed by atoms with Crippen LogP contribution in [0.25, 0.3) is 11.0 Å². The number of pyridine rings is 1. The second kappa shape index (κ2) is 5.06. The third-order valence-electron chi connectivity index (χ3n) is 3.28. The smallest absolute Gasteiger partial charge is 0.252 e. The number of aromatic nitrogens is 3. The zero-order valence-corrected chi connectivity index (χ0v) is 11.5. The molecular weight excluding hydrogens is 250 g/mol. The Morgan fingerprint density at radius 3 is 2.67 bits per heavy atom. The Bertz CT molecular complexity index is 632. The van der Waals surface area contributed by atoms with Crippen molar-refractivity contribution in [2.24, 2.45) is 0 Å². The van der Waals surface area contributed by atoms with Crippen molar-refractivity contribution in [3.8, 4) is 0 Å². The first-order valence-corrected chi connectivity index (χ1v) is 6.50. The van der Waals surface area contributed by atoms with E-state index >= 15 is 0 Å². The molecule has 0 amide bonds. The van der Waals surface area contributed by atoms with E-state index in [9.17, 15) is 4.79 Å². The van der Waals surface area contributed by atoms with E-state index in [1.807, 2.05) is 6.92 Å². The Kier molecular flexibility index (Phi) is 3.66. The molecule has 0 saturated carbocycles. The van der Waals surface area contributed by atoms with E-state index < -0.39 is 0 Å². The standard InChI is InChI=1S/C13H16ClN3O/c1-4-9(5-2)17-11(18)6-8(3)10-7-15-13(14)16-12(10)17/h6-7,9H,4-5H2,1-3H3. The first-order valence-electron chi connectivity index (χ1n) is 6.12. The minimum atomic E-state index is -0.0246. The topological polar surface area (TPSA) is 47.8 Å². The third kappa shape index (κ3) is 2.12. The quantitative estimate of drug-likeness (QED) is 0.801. The zero-order chi connectivity index (χ0) is 13.3. The van der Waals surface area contributed by atoms with Crippen molar-refractivity contribution in [2.45, 2.75) is 39.7 Å². The molecule has 0 aromatic carbocycles. The van der Waals surface area contributed by atoms with Gasteiger partial charge in [-0.2, -0.15) is 4.98 Å². The zero-order valence-electron chi connectivity index (χ0n) is 10.8. The van der Waals surface area contributed by atoms with Gasteiger partial charge in [0.25, 0.3) is 5.56 Å². The van der Waals surface area contributed by atoms with Gasteiger partial charge in [0.2, 0.25) is 5.28 Å². The van der Waals surface area contributed by atoms with E-state index in [-0.39, 0.29) is 16.9 Å². The Labute approximate surface area is 111 Å². The lowest BCUT2D eigenvalue weighted by Gasteiger charge is -2.18. The summed E-state index contributed by atoms with van der Waals surface area (Å²) >= 11 is 5.85. The first-order chi connectivity index (χ1) is 8.58. The van der Waals surface area contributed by atoms with Crippen molar-refractivity contribution >= 4 is 22.6 Å². The van der Waals surface area contributed by atoms with E-state index in [1.54, 1.807) is 16.8 Å². The van der Waals surface area contributed by atoms with Crippen LogP contribution < -0.4 is 5.56 Å². The van der Waals surface area contributed by atoms with Gasteiger partial charge in [0.15, 0.2) is 0 Å². The molecule has 96 valence electrons. The van der Waals surface area contributed by atoms with Crippen molar-refractivity contribution < 1.29 is 0 Å². The molecule has 0 bridgehead atoms. The maximum atomic E-state index is 12.2. The molecule has 0 saturated heterocycles. The van der Waals surface area contributed by atoms with Crippen LogP contribution in [0.4, 0.5) is 0 Å². The van der Waals surface area contributed by atoms with Gasteiger partial charge in [0, 0.05) is 23.7 Å². The fourth-order valence-corrected chi connectivity index (χ4v) is 2.39. The number of hydrogen-bond acceptors (Lipinski definition) is 3. The molecule has 5 heteroatoms. The summed E-state index contributed by atoms with van der Waals surface area (Å²) in [5.41, 5.74) is 1.49. The van der Waals surface area contributed by atoms with Crippen LogP contribution in [0.15, 0.2) is 17.1 Å². The molecule has 0 aliphatic heterocycles. The maximum absolute atomic E-state index is 12.2. The molecule has 2 aromatic heterocycles. The third-order valence-corrected chi connectivity index (χ3v) is 3.46. The van der Waals surface area contributed by atoms with Crippen molar-refractivity contribution in [1.29, 1.82) is 0 Å². The monoisotopic (exact) mass is 265 g/mol. The van der Waals surface area contributed by atoms with Crippen LogP contribution in [0.5, 0.6) is 0 Å². The van der Waals surface area contributed by atoms with Crippen molar-refractivity contribution in [3.63, 3.8) is 0 Å². The fraction of sp³-hybridized carbons (Fsp3) is 0.462. The SMILES string of the molecule is CCC(CC)n1c(=O)cc(C)c2cnc(Cl)nc21. The van der Waals surface area contributed by atoms with Crippen molar-refractivity contribution in [1.82, 2.24) is 14.5 Å². The summed E-state index contributed by atoms with van der Waals surface area (Å²) in [4.78, 5) is 20.4. The lowest BCUT2D eigenvalue weighted by Crippen LogP contribution is -2.25.